The number of amides is 1. The third-order valence-electron chi connectivity index (χ3n) is 5.41. The molecule has 1 amide bonds. The molecule has 0 spiro atoms. The Morgan fingerprint density at radius 3 is 2.78 bits per heavy atom. The van der Waals surface area contributed by atoms with Crippen molar-refractivity contribution < 1.29 is 4.79 Å². The smallest absolute Gasteiger partial charge is 0.263 e. The van der Waals surface area contributed by atoms with Gasteiger partial charge in [0.2, 0.25) is 5.91 Å². The van der Waals surface area contributed by atoms with Crippen LogP contribution in [0.2, 0.25) is 0 Å². The fourth-order valence-corrected chi connectivity index (χ4v) is 4.61. The zero-order chi connectivity index (χ0) is 19.0. The first-order valence-corrected chi connectivity index (χ1v) is 10.2. The van der Waals surface area contributed by atoms with E-state index in [1.54, 1.807) is 0 Å². The van der Waals surface area contributed by atoms with Crippen molar-refractivity contribution in [3.05, 3.63) is 51.4 Å². The second-order valence-corrected chi connectivity index (χ2v) is 8.21. The number of nitrogens with one attached hydrogen (secondary N) is 1. The van der Waals surface area contributed by atoms with Gasteiger partial charge in [0.15, 0.2) is 0 Å². The van der Waals surface area contributed by atoms with Crippen molar-refractivity contribution in [1.82, 2.24) is 14.9 Å². The summed E-state index contributed by atoms with van der Waals surface area (Å²) >= 11 is 1.46. The lowest BCUT2D eigenvalue weighted by atomic mass is 10.0. The van der Waals surface area contributed by atoms with E-state index in [2.05, 4.69) is 36.3 Å². The van der Waals surface area contributed by atoms with Crippen molar-refractivity contribution in [3.8, 4) is 11.1 Å². The van der Waals surface area contributed by atoms with Crippen LogP contribution in [0.1, 0.15) is 36.8 Å². The van der Waals surface area contributed by atoms with Gasteiger partial charge in [0.1, 0.15) is 11.4 Å². The molecule has 140 valence electrons. The van der Waals surface area contributed by atoms with Gasteiger partial charge in [-0.3, -0.25) is 14.2 Å². The highest BCUT2D eigenvalue weighted by Crippen LogP contribution is 2.31. The van der Waals surface area contributed by atoms with Gasteiger partial charge in [-0.15, -0.1) is 11.3 Å². The molecule has 1 saturated carbocycles. The number of rotatable bonds is 4. The molecule has 1 aromatic carbocycles. The van der Waals surface area contributed by atoms with Crippen molar-refractivity contribution in [2.45, 2.75) is 52.1 Å². The average Bonchev–Trinajstić information content (AvgIpc) is 3.30. The second kappa shape index (κ2) is 7.27. The van der Waals surface area contributed by atoms with Crippen molar-refractivity contribution >= 4 is 27.5 Å². The van der Waals surface area contributed by atoms with E-state index < -0.39 is 0 Å². The number of fused-ring (bicyclic) bond motifs is 1. The quantitative estimate of drug-likeness (QED) is 0.748. The minimum absolute atomic E-state index is 0.0144. The lowest BCUT2D eigenvalue weighted by Gasteiger charge is -2.12. The SMILES string of the molecule is Cc1ccc(-c2csc3ncn(CC(=O)NC4CCCC4)c(=O)c23)cc1C. The Bertz CT molecular complexity index is 1060. The second-order valence-electron chi connectivity index (χ2n) is 7.36. The molecule has 6 heteroatoms. The molecule has 0 saturated heterocycles. The van der Waals surface area contributed by atoms with Crippen molar-refractivity contribution in [1.29, 1.82) is 0 Å². The number of aromatic nitrogens is 2. The van der Waals surface area contributed by atoms with Crippen LogP contribution in [0.4, 0.5) is 0 Å². The van der Waals surface area contributed by atoms with E-state index in [1.807, 2.05) is 11.4 Å². The molecule has 1 aliphatic rings. The van der Waals surface area contributed by atoms with Gasteiger partial charge in [-0.05, 0) is 43.4 Å². The van der Waals surface area contributed by atoms with E-state index in [0.717, 1.165) is 36.8 Å². The summed E-state index contributed by atoms with van der Waals surface area (Å²) in [6, 6.07) is 6.45. The molecule has 1 N–H and O–H groups in total. The van der Waals surface area contributed by atoms with E-state index in [1.165, 1.54) is 33.4 Å². The maximum atomic E-state index is 13.1. The van der Waals surface area contributed by atoms with E-state index in [4.69, 9.17) is 0 Å². The van der Waals surface area contributed by atoms with E-state index in [9.17, 15) is 9.59 Å². The van der Waals surface area contributed by atoms with Crippen LogP contribution in [-0.4, -0.2) is 21.5 Å². The number of aryl methyl sites for hydroxylation is 2. The molecule has 3 aromatic rings. The summed E-state index contributed by atoms with van der Waals surface area (Å²) < 4.78 is 1.42. The molecule has 4 rings (SSSR count). The number of hydrogen-bond acceptors (Lipinski definition) is 4. The first kappa shape index (κ1) is 17.9. The molecule has 2 heterocycles. The van der Waals surface area contributed by atoms with Gasteiger partial charge in [0, 0.05) is 17.0 Å². The molecule has 5 nitrogen and oxygen atoms in total. The number of thiophene rings is 1. The predicted molar refractivity (Wildman–Crippen MR) is 109 cm³/mol. The van der Waals surface area contributed by atoms with Gasteiger partial charge in [0.05, 0.1) is 11.7 Å². The lowest BCUT2D eigenvalue weighted by Crippen LogP contribution is -2.37. The first-order chi connectivity index (χ1) is 13.0. The van der Waals surface area contributed by atoms with Crippen LogP contribution in [0.15, 0.2) is 34.7 Å². The molecule has 0 bridgehead atoms. The third kappa shape index (κ3) is 3.54. The zero-order valence-electron chi connectivity index (χ0n) is 15.6. The summed E-state index contributed by atoms with van der Waals surface area (Å²) in [4.78, 5) is 30.5. The zero-order valence-corrected chi connectivity index (χ0v) is 16.4. The highest BCUT2D eigenvalue weighted by Gasteiger charge is 2.19. The Hall–Kier alpha value is -2.47. The van der Waals surface area contributed by atoms with E-state index in [0.29, 0.717) is 10.2 Å². The number of carbonyl (C=O) groups is 1. The summed E-state index contributed by atoms with van der Waals surface area (Å²) in [6.45, 7) is 4.15. The predicted octanol–water partition coefficient (Wildman–Crippen LogP) is 3.80. The van der Waals surface area contributed by atoms with Gasteiger partial charge in [-0.2, -0.15) is 0 Å². The molecule has 0 atom stereocenters. The van der Waals surface area contributed by atoms with E-state index in [-0.39, 0.29) is 24.1 Å². The summed E-state index contributed by atoms with van der Waals surface area (Å²) in [5.41, 5.74) is 4.15. The molecule has 2 aromatic heterocycles. The normalized spacial score (nSPS) is 14.7. The lowest BCUT2D eigenvalue weighted by molar-refractivity contribution is -0.122. The van der Waals surface area contributed by atoms with Gasteiger partial charge in [-0.1, -0.05) is 31.0 Å². The minimum atomic E-state index is -0.156. The maximum absolute atomic E-state index is 13.1. The van der Waals surface area contributed by atoms with Crippen LogP contribution in [0.5, 0.6) is 0 Å². The molecular weight excluding hydrogens is 358 g/mol. The van der Waals surface area contributed by atoms with Gasteiger partial charge < -0.3 is 5.32 Å². The molecule has 27 heavy (non-hydrogen) atoms. The maximum Gasteiger partial charge on any atom is 0.263 e. The Balaban J connectivity index is 1.67. The summed E-state index contributed by atoms with van der Waals surface area (Å²) in [5.74, 6) is -0.117. The number of hydrogen-bond donors (Lipinski definition) is 1. The van der Waals surface area contributed by atoms with Crippen molar-refractivity contribution in [2.75, 3.05) is 0 Å². The van der Waals surface area contributed by atoms with Crippen molar-refractivity contribution in [3.63, 3.8) is 0 Å². The minimum Gasteiger partial charge on any atom is -0.352 e. The molecule has 0 radical (unpaired) electrons. The topological polar surface area (TPSA) is 64.0 Å². The Kier molecular flexibility index (Phi) is 4.83. The van der Waals surface area contributed by atoms with Gasteiger partial charge in [0.25, 0.3) is 5.56 Å². The van der Waals surface area contributed by atoms with Crippen LogP contribution in [0.25, 0.3) is 21.3 Å². The van der Waals surface area contributed by atoms with Gasteiger partial charge in [-0.25, -0.2) is 4.98 Å². The number of benzene rings is 1. The highest BCUT2D eigenvalue weighted by atomic mass is 32.1. The van der Waals surface area contributed by atoms with Crippen LogP contribution in [-0.2, 0) is 11.3 Å². The fourth-order valence-electron chi connectivity index (χ4n) is 3.70. The molecule has 0 unspecified atom stereocenters. The van der Waals surface area contributed by atoms with Crippen LogP contribution < -0.4 is 10.9 Å². The third-order valence-corrected chi connectivity index (χ3v) is 6.30. The fraction of sp³-hybridized carbons (Fsp3) is 0.381. The Morgan fingerprint density at radius 2 is 2.04 bits per heavy atom. The largest absolute Gasteiger partial charge is 0.352 e. The van der Waals surface area contributed by atoms with Crippen LogP contribution >= 0.6 is 11.3 Å². The molecule has 0 aliphatic heterocycles. The first-order valence-electron chi connectivity index (χ1n) is 9.36. The van der Waals surface area contributed by atoms with Gasteiger partial charge >= 0.3 is 0 Å². The standard InChI is InChI=1S/C21H23N3O2S/c1-13-7-8-15(9-14(13)2)17-11-27-20-19(17)21(26)24(12-22-20)10-18(25)23-16-5-3-4-6-16/h7-9,11-12,16H,3-6,10H2,1-2H3,(H,23,25). The van der Waals surface area contributed by atoms with Crippen molar-refractivity contribution in [2.24, 2.45) is 0 Å². The van der Waals surface area contributed by atoms with Crippen LogP contribution in [0.3, 0.4) is 0 Å². The molecule has 1 aliphatic carbocycles. The summed E-state index contributed by atoms with van der Waals surface area (Å²) in [6.07, 6.45) is 5.86. The van der Waals surface area contributed by atoms with E-state index >= 15 is 0 Å². The Labute approximate surface area is 162 Å². The summed E-state index contributed by atoms with van der Waals surface area (Å²) in [7, 11) is 0. The molecular formula is C21H23N3O2S. The average molecular weight is 382 g/mol. The highest BCUT2D eigenvalue weighted by molar-refractivity contribution is 7.17. The van der Waals surface area contributed by atoms with Crippen LogP contribution in [0, 0.1) is 13.8 Å². The number of nitrogens with zero attached hydrogens (tertiary/aromatic N) is 2. The summed E-state index contributed by atoms with van der Waals surface area (Å²) in [5, 5.41) is 5.61. The monoisotopic (exact) mass is 381 g/mol. The Morgan fingerprint density at radius 1 is 1.26 bits per heavy atom. The molecule has 1 fully saturated rings. The number of carbonyl (C=O) groups excluding carboxylic acids is 1.